The summed E-state index contributed by atoms with van der Waals surface area (Å²) in [4.78, 5) is 31.3. The van der Waals surface area contributed by atoms with Crippen LogP contribution in [-0.2, 0) is 6.61 Å². The van der Waals surface area contributed by atoms with Gasteiger partial charge in [-0.05, 0) is 41.3 Å². The zero-order valence-electron chi connectivity index (χ0n) is 19.1. The lowest BCUT2D eigenvalue weighted by Crippen LogP contribution is -2.11. The number of ether oxygens (including phenoxy) is 1. The maximum Gasteiger partial charge on any atom is 0.345 e. The molecule has 0 bridgehead atoms. The van der Waals surface area contributed by atoms with E-state index in [2.05, 4.69) is 9.97 Å². The molecule has 6 aromatic rings. The molecule has 2 heterocycles. The maximum absolute atomic E-state index is 12.3. The Kier molecular flexibility index (Phi) is 5.39. The van der Waals surface area contributed by atoms with E-state index in [1.54, 1.807) is 0 Å². The number of aromatic nitrogens is 2. The summed E-state index contributed by atoms with van der Waals surface area (Å²) in [5.41, 5.74) is 3.47. The van der Waals surface area contributed by atoms with Crippen LogP contribution in [0.25, 0.3) is 44.3 Å². The Morgan fingerprint density at radius 1 is 0.750 bits per heavy atom. The Morgan fingerprint density at radius 3 is 2.36 bits per heavy atom. The summed E-state index contributed by atoms with van der Waals surface area (Å²) in [5.74, 6) is 0.639. The molecule has 6 rings (SSSR count). The topological polar surface area (TPSA) is 85.2 Å². The lowest BCUT2D eigenvalue weighted by Gasteiger charge is -2.10. The number of nitrogens with zero attached hydrogens (tertiary/aromatic N) is 1. The third-order valence-electron chi connectivity index (χ3n) is 6.09. The van der Waals surface area contributed by atoms with E-state index in [-0.39, 0.29) is 6.61 Å². The average molecular weight is 473 g/mol. The second-order valence-corrected chi connectivity index (χ2v) is 8.42. The van der Waals surface area contributed by atoms with Gasteiger partial charge < -0.3 is 14.1 Å². The smallest absolute Gasteiger partial charge is 0.345 e. The number of hydrogen-bond acceptors (Lipinski definition) is 5. The van der Waals surface area contributed by atoms with Gasteiger partial charge in [-0.1, -0.05) is 66.7 Å². The minimum atomic E-state index is -0.413. The van der Waals surface area contributed by atoms with Gasteiger partial charge in [-0.2, -0.15) is 4.98 Å². The van der Waals surface area contributed by atoms with Crippen LogP contribution in [0.4, 0.5) is 0 Å². The van der Waals surface area contributed by atoms with Crippen molar-refractivity contribution in [3.05, 3.63) is 130 Å². The first-order valence-electron chi connectivity index (χ1n) is 11.5. The fourth-order valence-electron chi connectivity index (χ4n) is 4.34. The quantitative estimate of drug-likeness (QED) is 0.248. The third-order valence-corrected chi connectivity index (χ3v) is 6.09. The Morgan fingerprint density at radius 2 is 1.53 bits per heavy atom. The zero-order chi connectivity index (χ0) is 24.5. The van der Waals surface area contributed by atoms with Gasteiger partial charge in [0.1, 0.15) is 17.9 Å². The number of rotatable bonds is 5. The molecule has 4 aromatic carbocycles. The molecular formula is C30H20N2O4. The van der Waals surface area contributed by atoms with Gasteiger partial charge in [-0.15, -0.1) is 0 Å². The van der Waals surface area contributed by atoms with Gasteiger partial charge in [0, 0.05) is 28.0 Å². The molecule has 0 aliphatic rings. The molecule has 0 amide bonds. The standard InChI is InChI=1S/C30H20N2O4/c33-28-16-22(25-15-12-19-6-4-5-9-24(19)29(25)36-28)18-35-23-13-10-21(11-14-23)27-17-26(31-30(34)32-27)20-7-2-1-3-8-20/h1-17H,18H2,(H,31,32,34). The molecule has 0 unspecified atom stereocenters. The fourth-order valence-corrected chi connectivity index (χ4v) is 4.34. The Labute approximate surface area is 205 Å². The van der Waals surface area contributed by atoms with Crippen LogP contribution < -0.4 is 16.1 Å². The van der Waals surface area contributed by atoms with Gasteiger partial charge >= 0.3 is 11.3 Å². The van der Waals surface area contributed by atoms with Crippen LogP contribution in [0.2, 0.25) is 0 Å². The molecule has 6 heteroatoms. The Bertz CT molecular complexity index is 1820. The number of benzene rings is 4. The van der Waals surface area contributed by atoms with Gasteiger partial charge in [0.2, 0.25) is 0 Å². The highest BCUT2D eigenvalue weighted by molar-refractivity contribution is 6.04. The van der Waals surface area contributed by atoms with E-state index in [0.29, 0.717) is 22.7 Å². The molecule has 36 heavy (non-hydrogen) atoms. The molecule has 2 aromatic heterocycles. The van der Waals surface area contributed by atoms with Gasteiger partial charge in [0.15, 0.2) is 0 Å². The SMILES string of the molecule is O=c1nc(-c2ccccc2)cc(-c2ccc(OCc3cc(=O)oc4c3ccc3ccccc34)cc2)[nH]1. The Balaban J connectivity index is 1.27. The summed E-state index contributed by atoms with van der Waals surface area (Å²) in [6.07, 6.45) is 0. The number of H-pyrrole nitrogens is 1. The van der Waals surface area contributed by atoms with Crippen molar-refractivity contribution in [2.24, 2.45) is 0 Å². The predicted octanol–water partition coefficient (Wildman–Crippen LogP) is 5.94. The summed E-state index contributed by atoms with van der Waals surface area (Å²) < 4.78 is 11.5. The van der Waals surface area contributed by atoms with Crippen LogP contribution in [0.5, 0.6) is 5.75 Å². The predicted molar refractivity (Wildman–Crippen MR) is 140 cm³/mol. The monoisotopic (exact) mass is 472 g/mol. The molecule has 1 N–H and O–H groups in total. The highest BCUT2D eigenvalue weighted by Crippen LogP contribution is 2.28. The maximum atomic E-state index is 12.3. The minimum absolute atomic E-state index is 0.212. The van der Waals surface area contributed by atoms with Crippen LogP contribution in [0.15, 0.2) is 117 Å². The molecule has 174 valence electrons. The van der Waals surface area contributed by atoms with Crippen LogP contribution in [0, 0.1) is 0 Å². The van der Waals surface area contributed by atoms with Crippen molar-refractivity contribution in [2.75, 3.05) is 0 Å². The normalized spacial score (nSPS) is 11.1. The molecule has 0 aliphatic carbocycles. The van der Waals surface area contributed by atoms with Crippen molar-refractivity contribution in [1.82, 2.24) is 9.97 Å². The molecule has 6 nitrogen and oxygen atoms in total. The first-order chi connectivity index (χ1) is 17.6. The Hall–Kier alpha value is -4.97. The molecule has 0 fully saturated rings. The van der Waals surface area contributed by atoms with Gasteiger partial charge in [-0.25, -0.2) is 9.59 Å². The molecule has 0 radical (unpaired) electrons. The number of aromatic amines is 1. The zero-order valence-corrected chi connectivity index (χ0v) is 19.1. The average Bonchev–Trinajstić information content (AvgIpc) is 2.92. The van der Waals surface area contributed by atoms with Crippen LogP contribution in [-0.4, -0.2) is 9.97 Å². The highest BCUT2D eigenvalue weighted by atomic mass is 16.5. The van der Waals surface area contributed by atoms with Gasteiger partial charge in [0.25, 0.3) is 0 Å². The van der Waals surface area contributed by atoms with Crippen LogP contribution in [0.3, 0.4) is 0 Å². The molecular weight excluding hydrogens is 452 g/mol. The molecule has 0 spiro atoms. The number of nitrogens with one attached hydrogen (secondary N) is 1. The fraction of sp³-hybridized carbons (Fsp3) is 0.0333. The van der Waals surface area contributed by atoms with E-state index in [9.17, 15) is 9.59 Å². The number of hydrogen-bond donors (Lipinski definition) is 1. The lowest BCUT2D eigenvalue weighted by molar-refractivity contribution is 0.306. The third kappa shape index (κ3) is 4.16. The van der Waals surface area contributed by atoms with E-state index in [0.717, 1.165) is 32.8 Å². The van der Waals surface area contributed by atoms with E-state index in [1.165, 1.54) is 6.07 Å². The van der Waals surface area contributed by atoms with Crippen molar-refractivity contribution in [3.8, 4) is 28.3 Å². The summed E-state index contributed by atoms with van der Waals surface area (Å²) in [6, 6.07) is 32.1. The van der Waals surface area contributed by atoms with Crippen molar-refractivity contribution in [3.63, 3.8) is 0 Å². The lowest BCUT2D eigenvalue weighted by atomic mass is 10.0. The second kappa shape index (κ2) is 9.00. The van der Waals surface area contributed by atoms with E-state index >= 15 is 0 Å². The van der Waals surface area contributed by atoms with Crippen LogP contribution in [0.1, 0.15) is 5.56 Å². The minimum Gasteiger partial charge on any atom is -0.489 e. The second-order valence-electron chi connectivity index (χ2n) is 8.42. The summed E-state index contributed by atoms with van der Waals surface area (Å²) in [6.45, 7) is 0.212. The molecule has 0 aliphatic heterocycles. The molecule has 0 atom stereocenters. The van der Waals surface area contributed by atoms with Gasteiger partial charge in [-0.3, -0.25) is 0 Å². The van der Waals surface area contributed by atoms with E-state index in [1.807, 2.05) is 97.1 Å². The highest BCUT2D eigenvalue weighted by Gasteiger charge is 2.11. The number of fused-ring (bicyclic) bond motifs is 3. The molecule has 0 saturated carbocycles. The summed E-state index contributed by atoms with van der Waals surface area (Å²) in [5, 5.41) is 2.73. The van der Waals surface area contributed by atoms with Crippen LogP contribution >= 0.6 is 0 Å². The molecule has 0 saturated heterocycles. The van der Waals surface area contributed by atoms with E-state index in [4.69, 9.17) is 9.15 Å². The largest absolute Gasteiger partial charge is 0.489 e. The summed E-state index contributed by atoms with van der Waals surface area (Å²) >= 11 is 0. The van der Waals surface area contributed by atoms with Crippen molar-refractivity contribution >= 4 is 21.7 Å². The van der Waals surface area contributed by atoms with Gasteiger partial charge in [0.05, 0.1) is 11.4 Å². The van der Waals surface area contributed by atoms with Crippen molar-refractivity contribution in [1.29, 1.82) is 0 Å². The van der Waals surface area contributed by atoms with Crippen molar-refractivity contribution < 1.29 is 9.15 Å². The first kappa shape index (κ1) is 21.6. The van der Waals surface area contributed by atoms with E-state index < -0.39 is 11.3 Å². The summed E-state index contributed by atoms with van der Waals surface area (Å²) in [7, 11) is 0. The van der Waals surface area contributed by atoms with Crippen molar-refractivity contribution in [2.45, 2.75) is 6.61 Å². The first-order valence-corrected chi connectivity index (χ1v) is 11.5.